The standard InChI is InChI=1S/C15H22N4/c1-11(2)9-16-10-14-8-15(5-6-17-14)19-13(4)7-12(3)18-19/h5-8,11,16H,9-10H2,1-4H3. The normalized spacial score (nSPS) is 11.2. The molecule has 102 valence electrons. The highest BCUT2D eigenvalue weighted by Gasteiger charge is 2.05. The van der Waals surface area contributed by atoms with E-state index in [2.05, 4.69) is 48.3 Å². The molecular weight excluding hydrogens is 236 g/mol. The van der Waals surface area contributed by atoms with Crippen LogP contribution in [0.1, 0.15) is 30.9 Å². The Bertz CT molecular complexity index is 543. The Kier molecular flexibility index (Phi) is 4.32. The van der Waals surface area contributed by atoms with Gasteiger partial charge in [-0.05, 0) is 44.5 Å². The van der Waals surface area contributed by atoms with Gasteiger partial charge < -0.3 is 5.32 Å². The van der Waals surface area contributed by atoms with E-state index in [9.17, 15) is 0 Å². The molecule has 0 saturated heterocycles. The molecule has 4 heteroatoms. The van der Waals surface area contributed by atoms with Crippen LogP contribution in [0.3, 0.4) is 0 Å². The molecule has 0 atom stereocenters. The monoisotopic (exact) mass is 258 g/mol. The molecule has 19 heavy (non-hydrogen) atoms. The number of aryl methyl sites for hydroxylation is 2. The zero-order valence-corrected chi connectivity index (χ0v) is 12.1. The van der Waals surface area contributed by atoms with Crippen LogP contribution in [0.4, 0.5) is 0 Å². The SMILES string of the molecule is Cc1cc(C)n(-c2ccnc(CNCC(C)C)c2)n1. The highest BCUT2D eigenvalue weighted by Crippen LogP contribution is 2.12. The third kappa shape index (κ3) is 3.64. The molecule has 0 fully saturated rings. The number of aromatic nitrogens is 3. The summed E-state index contributed by atoms with van der Waals surface area (Å²) < 4.78 is 1.96. The lowest BCUT2D eigenvalue weighted by Crippen LogP contribution is -2.19. The van der Waals surface area contributed by atoms with Gasteiger partial charge in [-0.3, -0.25) is 4.98 Å². The van der Waals surface area contributed by atoms with Crippen LogP contribution in [0.25, 0.3) is 5.69 Å². The first-order chi connectivity index (χ1) is 9.06. The minimum absolute atomic E-state index is 0.652. The Hall–Kier alpha value is -1.68. The van der Waals surface area contributed by atoms with E-state index in [0.29, 0.717) is 5.92 Å². The van der Waals surface area contributed by atoms with Gasteiger partial charge in [-0.1, -0.05) is 13.8 Å². The topological polar surface area (TPSA) is 42.7 Å². The molecule has 4 nitrogen and oxygen atoms in total. The average molecular weight is 258 g/mol. The van der Waals surface area contributed by atoms with Crippen LogP contribution in [0.2, 0.25) is 0 Å². The summed E-state index contributed by atoms with van der Waals surface area (Å²) in [7, 11) is 0. The van der Waals surface area contributed by atoms with Crippen molar-refractivity contribution in [2.24, 2.45) is 5.92 Å². The number of rotatable bonds is 5. The van der Waals surface area contributed by atoms with Crippen LogP contribution in [0.5, 0.6) is 0 Å². The Morgan fingerprint density at radius 2 is 2.05 bits per heavy atom. The van der Waals surface area contributed by atoms with Gasteiger partial charge in [0, 0.05) is 18.4 Å². The quantitative estimate of drug-likeness (QED) is 0.896. The van der Waals surface area contributed by atoms with Crippen molar-refractivity contribution < 1.29 is 0 Å². The van der Waals surface area contributed by atoms with E-state index in [-0.39, 0.29) is 0 Å². The van der Waals surface area contributed by atoms with Crippen molar-refractivity contribution in [3.05, 3.63) is 41.5 Å². The summed E-state index contributed by atoms with van der Waals surface area (Å²) in [4.78, 5) is 4.39. The van der Waals surface area contributed by atoms with Crippen LogP contribution in [0, 0.1) is 19.8 Å². The summed E-state index contributed by atoms with van der Waals surface area (Å²) in [5, 5.41) is 7.91. The van der Waals surface area contributed by atoms with Crippen LogP contribution in [0.15, 0.2) is 24.4 Å². The second kappa shape index (κ2) is 5.97. The van der Waals surface area contributed by atoms with E-state index in [1.165, 1.54) is 0 Å². The van der Waals surface area contributed by atoms with Crippen LogP contribution < -0.4 is 5.32 Å². The average Bonchev–Trinajstić information content (AvgIpc) is 2.68. The lowest BCUT2D eigenvalue weighted by Gasteiger charge is -2.09. The summed E-state index contributed by atoms with van der Waals surface area (Å²) in [6, 6.07) is 6.16. The largest absolute Gasteiger partial charge is 0.311 e. The molecule has 2 heterocycles. The minimum atomic E-state index is 0.652. The Morgan fingerprint density at radius 1 is 1.26 bits per heavy atom. The zero-order chi connectivity index (χ0) is 13.8. The molecule has 0 bridgehead atoms. The van der Waals surface area contributed by atoms with Gasteiger partial charge in [0.2, 0.25) is 0 Å². The number of hydrogen-bond donors (Lipinski definition) is 1. The summed E-state index contributed by atoms with van der Waals surface area (Å²) in [6.45, 7) is 10.3. The van der Waals surface area contributed by atoms with Crippen molar-refractivity contribution in [1.29, 1.82) is 0 Å². The first-order valence-corrected chi connectivity index (χ1v) is 6.75. The van der Waals surface area contributed by atoms with Gasteiger partial charge in [0.1, 0.15) is 0 Å². The van der Waals surface area contributed by atoms with Crippen LogP contribution in [-0.4, -0.2) is 21.3 Å². The van der Waals surface area contributed by atoms with Crippen molar-refractivity contribution in [2.45, 2.75) is 34.2 Å². The fourth-order valence-electron chi connectivity index (χ4n) is 2.07. The maximum atomic E-state index is 4.50. The summed E-state index contributed by atoms with van der Waals surface area (Å²) >= 11 is 0. The van der Waals surface area contributed by atoms with E-state index in [1.54, 1.807) is 0 Å². The maximum absolute atomic E-state index is 4.50. The van der Waals surface area contributed by atoms with Crippen LogP contribution >= 0.6 is 0 Å². The third-order valence-corrected chi connectivity index (χ3v) is 2.91. The van der Waals surface area contributed by atoms with Gasteiger partial charge in [0.15, 0.2) is 0 Å². The van der Waals surface area contributed by atoms with Crippen molar-refractivity contribution in [1.82, 2.24) is 20.1 Å². The minimum Gasteiger partial charge on any atom is -0.311 e. The predicted molar refractivity (Wildman–Crippen MR) is 77.4 cm³/mol. The smallest absolute Gasteiger partial charge is 0.0682 e. The summed E-state index contributed by atoms with van der Waals surface area (Å²) in [6.07, 6.45) is 1.85. The molecule has 2 aromatic rings. The summed E-state index contributed by atoms with van der Waals surface area (Å²) in [5.41, 5.74) is 4.30. The van der Waals surface area contributed by atoms with Crippen molar-refractivity contribution >= 4 is 0 Å². The molecule has 0 aromatic carbocycles. The molecule has 0 radical (unpaired) electrons. The lowest BCUT2D eigenvalue weighted by atomic mass is 10.2. The molecular formula is C15H22N4. The predicted octanol–water partition coefficient (Wildman–Crippen LogP) is 2.63. The van der Waals surface area contributed by atoms with Crippen molar-refractivity contribution in [3.8, 4) is 5.69 Å². The molecule has 0 spiro atoms. The van der Waals surface area contributed by atoms with Gasteiger partial charge >= 0.3 is 0 Å². The van der Waals surface area contributed by atoms with E-state index >= 15 is 0 Å². The van der Waals surface area contributed by atoms with Gasteiger partial charge in [-0.2, -0.15) is 5.10 Å². The van der Waals surface area contributed by atoms with E-state index in [1.807, 2.05) is 23.9 Å². The lowest BCUT2D eigenvalue weighted by molar-refractivity contribution is 0.548. The van der Waals surface area contributed by atoms with E-state index in [0.717, 1.165) is 35.9 Å². The highest BCUT2D eigenvalue weighted by molar-refractivity contribution is 5.33. The first kappa shape index (κ1) is 13.7. The Morgan fingerprint density at radius 3 is 2.68 bits per heavy atom. The fourth-order valence-corrected chi connectivity index (χ4v) is 2.07. The molecule has 0 saturated carbocycles. The zero-order valence-electron chi connectivity index (χ0n) is 12.1. The number of hydrogen-bond acceptors (Lipinski definition) is 3. The number of nitrogens with one attached hydrogen (secondary N) is 1. The van der Waals surface area contributed by atoms with Gasteiger partial charge in [0.25, 0.3) is 0 Å². The second-order valence-corrected chi connectivity index (χ2v) is 5.37. The third-order valence-electron chi connectivity index (χ3n) is 2.91. The van der Waals surface area contributed by atoms with E-state index < -0.39 is 0 Å². The van der Waals surface area contributed by atoms with Gasteiger partial charge in [0.05, 0.1) is 17.1 Å². The molecule has 0 aliphatic heterocycles. The molecule has 0 aliphatic rings. The van der Waals surface area contributed by atoms with Crippen molar-refractivity contribution in [3.63, 3.8) is 0 Å². The Labute approximate surface area is 114 Å². The number of nitrogens with zero attached hydrogens (tertiary/aromatic N) is 3. The highest BCUT2D eigenvalue weighted by atomic mass is 15.3. The summed E-state index contributed by atoms with van der Waals surface area (Å²) in [5.74, 6) is 0.652. The van der Waals surface area contributed by atoms with Crippen molar-refractivity contribution in [2.75, 3.05) is 6.54 Å². The Balaban J connectivity index is 2.13. The van der Waals surface area contributed by atoms with Gasteiger partial charge in [-0.25, -0.2) is 4.68 Å². The molecule has 0 aliphatic carbocycles. The second-order valence-electron chi connectivity index (χ2n) is 5.37. The maximum Gasteiger partial charge on any atom is 0.0682 e. The van der Waals surface area contributed by atoms with Gasteiger partial charge in [-0.15, -0.1) is 0 Å². The van der Waals surface area contributed by atoms with E-state index in [4.69, 9.17) is 0 Å². The van der Waals surface area contributed by atoms with Crippen LogP contribution in [-0.2, 0) is 6.54 Å². The molecule has 0 amide bonds. The molecule has 0 unspecified atom stereocenters. The fraction of sp³-hybridized carbons (Fsp3) is 0.467. The molecule has 1 N–H and O–H groups in total. The first-order valence-electron chi connectivity index (χ1n) is 6.75. The molecule has 2 aromatic heterocycles. The number of pyridine rings is 1. The molecule has 2 rings (SSSR count).